The van der Waals surface area contributed by atoms with Crippen molar-refractivity contribution in [2.24, 2.45) is 0 Å². The second kappa shape index (κ2) is 6.02. The van der Waals surface area contributed by atoms with Crippen LogP contribution in [0.5, 0.6) is 0 Å². The van der Waals surface area contributed by atoms with Crippen LogP contribution in [-0.4, -0.2) is 16.1 Å². The molecule has 0 aliphatic rings. The monoisotopic (exact) mass is 321 g/mol. The molecular weight excluding hydrogens is 312 g/mol. The number of halogens is 2. The largest absolute Gasteiger partial charge is 0.418 e. The molecule has 0 fully saturated rings. The zero-order valence-corrected chi connectivity index (χ0v) is 11.9. The molecule has 0 atom stereocenters. The van der Waals surface area contributed by atoms with Crippen molar-refractivity contribution in [1.29, 1.82) is 0 Å². The van der Waals surface area contributed by atoms with Crippen molar-refractivity contribution >= 4 is 17.2 Å². The molecule has 5 nitrogen and oxygen atoms in total. The smallest absolute Gasteiger partial charge is 0.257 e. The molecule has 0 saturated heterocycles. The first-order chi connectivity index (χ1) is 10.6. The number of nitrogens with zero attached hydrogens (tertiary/aromatic N) is 2. The maximum Gasteiger partial charge on any atom is 0.257 e. The number of hydrogen-bond donors (Lipinski definition) is 1. The molecule has 1 aromatic carbocycles. The first-order valence-corrected chi connectivity index (χ1v) is 7.11. The highest BCUT2D eigenvalue weighted by molar-refractivity contribution is 7.13. The van der Waals surface area contributed by atoms with Gasteiger partial charge in [-0.15, -0.1) is 21.5 Å². The lowest BCUT2D eigenvalue weighted by molar-refractivity contribution is 0.0939. The third kappa shape index (κ3) is 2.86. The summed E-state index contributed by atoms with van der Waals surface area (Å²) in [6.45, 7) is -0.120. The van der Waals surface area contributed by atoms with Crippen molar-refractivity contribution < 1.29 is 18.0 Å². The summed E-state index contributed by atoms with van der Waals surface area (Å²) in [4.78, 5) is 12.6. The average molecular weight is 321 g/mol. The highest BCUT2D eigenvalue weighted by atomic mass is 32.1. The molecule has 0 unspecified atom stereocenters. The Bertz CT molecular complexity index is 782. The van der Waals surface area contributed by atoms with Crippen LogP contribution in [0, 0.1) is 11.6 Å². The van der Waals surface area contributed by atoms with Crippen LogP contribution in [-0.2, 0) is 6.54 Å². The van der Waals surface area contributed by atoms with Crippen molar-refractivity contribution in [2.45, 2.75) is 6.54 Å². The minimum atomic E-state index is -0.928. The molecule has 1 N–H and O–H groups in total. The van der Waals surface area contributed by atoms with Gasteiger partial charge in [-0.1, -0.05) is 12.1 Å². The summed E-state index contributed by atoms with van der Waals surface area (Å²) >= 11 is 1.43. The van der Waals surface area contributed by atoms with E-state index in [-0.39, 0.29) is 12.4 Å². The summed E-state index contributed by atoms with van der Waals surface area (Å²) in [6.07, 6.45) is 0. The molecule has 0 spiro atoms. The highest BCUT2D eigenvalue weighted by Gasteiger charge is 2.17. The molecule has 2 heterocycles. The molecule has 3 rings (SSSR count). The van der Waals surface area contributed by atoms with Crippen molar-refractivity contribution in [3.05, 3.63) is 58.8 Å². The fourth-order valence-corrected chi connectivity index (χ4v) is 2.43. The van der Waals surface area contributed by atoms with Gasteiger partial charge in [0.15, 0.2) is 0 Å². The second-order valence-electron chi connectivity index (χ2n) is 4.26. The van der Waals surface area contributed by atoms with Gasteiger partial charge in [0.05, 0.1) is 11.4 Å². The Hall–Kier alpha value is -2.61. The van der Waals surface area contributed by atoms with E-state index in [0.29, 0.717) is 5.89 Å². The molecule has 0 radical (unpaired) electrons. The molecule has 0 bridgehead atoms. The minimum absolute atomic E-state index is 0.120. The third-order valence-corrected chi connectivity index (χ3v) is 3.65. The molecular formula is C14H9F2N3O2S. The average Bonchev–Trinajstić information content (AvgIpc) is 3.16. The lowest BCUT2D eigenvalue weighted by Gasteiger charge is -2.04. The van der Waals surface area contributed by atoms with Crippen LogP contribution >= 0.6 is 11.3 Å². The molecule has 2 aromatic heterocycles. The molecule has 0 aliphatic carbocycles. The van der Waals surface area contributed by atoms with Gasteiger partial charge in [-0.3, -0.25) is 4.79 Å². The molecule has 112 valence electrons. The second-order valence-corrected chi connectivity index (χ2v) is 5.21. The van der Waals surface area contributed by atoms with Gasteiger partial charge in [0.2, 0.25) is 5.89 Å². The van der Waals surface area contributed by atoms with Crippen LogP contribution < -0.4 is 5.32 Å². The van der Waals surface area contributed by atoms with Crippen LogP contribution in [0.4, 0.5) is 8.78 Å². The third-order valence-electron chi connectivity index (χ3n) is 2.79. The number of nitrogens with one attached hydrogen (secondary N) is 1. The predicted molar refractivity (Wildman–Crippen MR) is 75.1 cm³/mol. The van der Waals surface area contributed by atoms with E-state index < -0.39 is 23.1 Å². The lowest BCUT2D eigenvalue weighted by Crippen LogP contribution is -2.25. The van der Waals surface area contributed by atoms with Crippen molar-refractivity contribution in [3.8, 4) is 10.8 Å². The van der Waals surface area contributed by atoms with E-state index in [1.165, 1.54) is 17.4 Å². The van der Waals surface area contributed by atoms with Crippen LogP contribution in [0.3, 0.4) is 0 Å². The van der Waals surface area contributed by atoms with Crippen LogP contribution in [0.1, 0.15) is 16.2 Å². The van der Waals surface area contributed by atoms with E-state index in [2.05, 4.69) is 15.5 Å². The summed E-state index contributed by atoms with van der Waals surface area (Å²) in [5, 5.41) is 11.8. The fourth-order valence-electron chi connectivity index (χ4n) is 1.78. The van der Waals surface area contributed by atoms with Gasteiger partial charge in [-0.05, 0) is 23.6 Å². The Balaban J connectivity index is 1.69. The lowest BCUT2D eigenvalue weighted by atomic mass is 10.2. The summed E-state index contributed by atoms with van der Waals surface area (Å²) < 4.78 is 32.3. The van der Waals surface area contributed by atoms with E-state index in [0.717, 1.165) is 17.0 Å². The standard InChI is InChI=1S/C14H9F2N3O2S/c15-8-3-1-4-9(16)12(8)13(20)17-7-11-18-19-14(21-11)10-5-2-6-22-10/h1-6H,7H2,(H,17,20). The maximum absolute atomic E-state index is 13.5. The zero-order chi connectivity index (χ0) is 15.5. The normalized spacial score (nSPS) is 10.6. The maximum atomic E-state index is 13.5. The topological polar surface area (TPSA) is 68.0 Å². The van der Waals surface area contributed by atoms with Gasteiger partial charge in [-0.2, -0.15) is 0 Å². The van der Waals surface area contributed by atoms with Gasteiger partial charge < -0.3 is 9.73 Å². The van der Waals surface area contributed by atoms with Crippen molar-refractivity contribution in [1.82, 2.24) is 15.5 Å². The molecule has 8 heteroatoms. The van der Waals surface area contributed by atoms with Gasteiger partial charge in [0.1, 0.15) is 17.2 Å². The predicted octanol–water partition coefficient (Wildman–Crippen LogP) is 3.01. The zero-order valence-electron chi connectivity index (χ0n) is 11.0. The van der Waals surface area contributed by atoms with E-state index in [4.69, 9.17) is 4.42 Å². The number of benzene rings is 1. The van der Waals surface area contributed by atoms with Gasteiger partial charge >= 0.3 is 0 Å². The number of thiophene rings is 1. The quantitative estimate of drug-likeness (QED) is 0.802. The number of amides is 1. The summed E-state index contributed by atoms with van der Waals surface area (Å²) in [6, 6.07) is 6.87. The van der Waals surface area contributed by atoms with Crippen LogP contribution in [0.25, 0.3) is 10.8 Å². The number of carbonyl (C=O) groups excluding carboxylic acids is 1. The van der Waals surface area contributed by atoms with Crippen LogP contribution in [0.2, 0.25) is 0 Å². The first kappa shape index (κ1) is 14.3. The Labute approximate surface area is 127 Å². The van der Waals surface area contributed by atoms with Gasteiger partial charge in [0.25, 0.3) is 11.8 Å². The number of carbonyl (C=O) groups is 1. The van der Waals surface area contributed by atoms with E-state index >= 15 is 0 Å². The molecule has 1 amide bonds. The number of aromatic nitrogens is 2. The Kier molecular flexibility index (Phi) is 3.92. The summed E-state index contributed by atoms with van der Waals surface area (Å²) in [5.74, 6) is -2.26. The Morgan fingerprint density at radius 2 is 1.95 bits per heavy atom. The van der Waals surface area contributed by atoms with E-state index in [9.17, 15) is 13.6 Å². The first-order valence-electron chi connectivity index (χ1n) is 6.23. The summed E-state index contributed by atoms with van der Waals surface area (Å²) in [7, 11) is 0. The molecule has 0 saturated carbocycles. The van der Waals surface area contributed by atoms with Crippen molar-refractivity contribution in [2.75, 3.05) is 0 Å². The van der Waals surface area contributed by atoms with E-state index in [1.54, 1.807) is 0 Å². The number of hydrogen-bond acceptors (Lipinski definition) is 5. The van der Waals surface area contributed by atoms with E-state index in [1.807, 2.05) is 17.5 Å². The van der Waals surface area contributed by atoms with Gasteiger partial charge in [0, 0.05) is 0 Å². The van der Waals surface area contributed by atoms with Crippen molar-refractivity contribution in [3.63, 3.8) is 0 Å². The minimum Gasteiger partial charge on any atom is -0.418 e. The van der Waals surface area contributed by atoms with Crippen LogP contribution in [0.15, 0.2) is 40.1 Å². The molecule has 0 aliphatic heterocycles. The SMILES string of the molecule is O=C(NCc1nnc(-c2cccs2)o1)c1c(F)cccc1F. The molecule has 3 aromatic rings. The highest BCUT2D eigenvalue weighted by Crippen LogP contribution is 2.22. The summed E-state index contributed by atoms with van der Waals surface area (Å²) in [5.41, 5.74) is -0.638. The molecule has 22 heavy (non-hydrogen) atoms. The number of rotatable bonds is 4. The Morgan fingerprint density at radius 1 is 1.18 bits per heavy atom. The Morgan fingerprint density at radius 3 is 2.64 bits per heavy atom. The van der Waals surface area contributed by atoms with Gasteiger partial charge in [-0.25, -0.2) is 8.78 Å². The fraction of sp³-hybridized carbons (Fsp3) is 0.0714.